The summed E-state index contributed by atoms with van der Waals surface area (Å²) >= 11 is 0. The molecule has 0 spiro atoms. The number of rotatable bonds is 2. The first-order chi connectivity index (χ1) is 11.0. The van der Waals surface area contributed by atoms with Crippen LogP contribution in [0.1, 0.15) is 22.5 Å². The van der Waals surface area contributed by atoms with Gasteiger partial charge in [0.1, 0.15) is 0 Å². The number of carbonyl (C=O) groups is 1. The van der Waals surface area contributed by atoms with E-state index in [1.54, 1.807) is 11.1 Å². The molecule has 3 aliphatic rings. The lowest BCUT2D eigenvalue weighted by Crippen LogP contribution is -2.37. The van der Waals surface area contributed by atoms with Crippen molar-refractivity contribution in [2.45, 2.75) is 19.0 Å². The molecule has 2 saturated heterocycles. The zero-order chi connectivity index (χ0) is 16.0. The second-order valence-electron chi connectivity index (χ2n) is 6.12. The molecule has 0 N–H and O–H groups in total. The third-order valence-corrected chi connectivity index (χ3v) is 6.36. The maximum Gasteiger partial charge on any atom is 0.257 e. The van der Waals surface area contributed by atoms with Gasteiger partial charge < -0.3 is 14.5 Å². The van der Waals surface area contributed by atoms with Crippen molar-refractivity contribution in [2.24, 2.45) is 0 Å². The molecular weight excluding hydrogens is 320 g/mol. The first kappa shape index (κ1) is 14.8. The molecule has 0 bridgehead atoms. The van der Waals surface area contributed by atoms with E-state index in [1.807, 2.05) is 4.90 Å². The van der Waals surface area contributed by atoms with Gasteiger partial charge >= 0.3 is 0 Å². The predicted molar refractivity (Wildman–Crippen MR) is 82.0 cm³/mol. The van der Waals surface area contributed by atoms with Crippen LogP contribution in [0.3, 0.4) is 0 Å². The second-order valence-corrected chi connectivity index (χ2v) is 8.35. The maximum atomic E-state index is 12.5. The van der Waals surface area contributed by atoms with Gasteiger partial charge in [0, 0.05) is 25.3 Å². The molecule has 0 radical (unpaired) electrons. The van der Waals surface area contributed by atoms with E-state index in [4.69, 9.17) is 4.74 Å². The molecule has 9 heteroatoms. The lowest BCUT2D eigenvalue weighted by atomic mass is 10.2. The highest BCUT2D eigenvalue weighted by Crippen LogP contribution is 2.28. The van der Waals surface area contributed by atoms with Crippen LogP contribution in [0.15, 0.2) is 6.20 Å². The van der Waals surface area contributed by atoms with Crippen molar-refractivity contribution in [1.82, 2.24) is 14.9 Å². The van der Waals surface area contributed by atoms with Crippen molar-refractivity contribution in [1.29, 1.82) is 0 Å². The minimum Gasteiger partial charge on any atom is -0.378 e. The Balaban J connectivity index is 1.56. The molecule has 124 valence electrons. The molecule has 0 aliphatic carbocycles. The summed E-state index contributed by atoms with van der Waals surface area (Å²) in [6.07, 6.45) is 2.07. The van der Waals surface area contributed by atoms with E-state index >= 15 is 0 Å². The third kappa shape index (κ3) is 2.67. The topological polar surface area (TPSA) is 92.7 Å². The van der Waals surface area contributed by atoms with Gasteiger partial charge in [-0.15, -0.1) is 0 Å². The summed E-state index contributed by atoms with van der Waals surface area (Å²) in [5.74, 6) is 0.662. The molecule has 3 aliphatic heterocycles. The predicted octanol–water partition coefficient (Wildman–Crippen LogP) is -0.544. The fourth-order valence-electron chi connectivity index (χ4n) is 3.33. The summed E-state index contributed by atoms with van der Waals surface area (Å²) < 4.78 is 28.6. The molecule has 1 aromatic rings. The molecule has 1 aromatic heterocycles. The minimum atomic E-state index is -3.02. The monoisotopic (exact) mass is 338 g/mol. The number of sulfone groups is 1. The number of hydrogen-bond acceptors (Lipinski definition) is 7. The molecule has 8 nitrogen and oxygen atoms in total. The zero-order valence-corrected chi connectivity index (χ0v) is 13.5. The zero-order valence-electron chi connectivity index (χ0n) is 12.6. The summed E-state index contributed by atoms with van der Waals surface area (Å²) in [5, 5.41) is 0. The Labute approximate surface area is 134 Å². The number of hydrogen-bond donors (Lipinski definition) is 0. The van der Waals surface area contributed by atoms with Gasteiger partial charge in [0.25, 0.3) is 5.91 Å². The molecule has 23 heavy (non-hydrogen) atoms. The SMILES string of the molecule is O=C1c2cnc(N3CCOCC3)nc2CN1C1CCS(=O)(=O)C1. The van der Waals surface area contributed by atoms with Gasteiger partial charge in [-0.3, -0.25) is 4.79 Å². The Bertz CT molecular complexity index is 745. The van der Waals surface area contributed by atoms with Crippen LogP contribution in [0.25, 0.3) is 0 Å². The first-order valence-corrected chi connectivity index (χ1v) is 9.56. The van der Waals surface area contributed by atoms with Crippen molar-refractivity contribution in [3.63, 3.8) is 0 Å². The number of amides is 1. The number of anilines is 1. The van der Waals surface area contributed by atoms with Crippen LogP contribution in [-0.4, -0.2) is 73.0 Å². The van der Waals surface area contributed by atoms with Gasteiger partial charge in [-0.25, -0.2) is 18.4 Å². The lowest BCUT2D eigenvalue weighted by Gasteiger charge is -2.26. The molecule has 0 saturated carbocycles. The van der Waals surface area contributed by atoms with Gasteiger partial charge in [0.15, 0.2) is 9.84 Å². The van der Waals surface area contributed by atoms with Crippen LogP contribution < -0.4 is 4.90 Å². The van der Waals surface area contributed by atoms with Gasteiger partial charge in [-0.2, -0.15) is 0 Å². The third-order valence-electron chi connectivity index (χ3n) is 4.61. The maximum absolute atomic E-state index is 12.5. The summed E-state index contributed by atoms with van der Waals surface area (Å²) in [7, 11) is -3.02. The normalized spacial score (nSPS) is 26.6. The van der Waals surface area contributed by atoms with Gasteiger partial charge in [-0.1, -0.05) is 0 Å². The van der Waals surface area contributed by atoms with Gasteiger partial charge in [-0.05, 0) is 6.42 Å². The van der Waals surface area contributed by atoms with Crippen LogP contribution in [0.4, 0.5) is 5.95 Å². The highest BCUT2D eigenvalue weighted by molar-refractivity contribution is 7.91. The Hall–Kier alpha value is -1.74. The smallest absolute Gasteiger partial charge is 0.257 e. The molecule has 2 fully saturated rings. The number of nitrogens with zero attached hydrogens (tertiary/aromatic N) is 4. The minimum absolute atomic E-state index is 0.0521. The first-order valence-electron chi connectivity index (χ1n) is 7.73. The molecule has 4 heterocycles. The molecule has 4 rings (SSSR count). The van der Waals surface area contributed by atoms with Crippen LogP contribution in [0.2, 0.25) is 0 Å². The van der Waals surface area contributed by atoms with E-state index in [-0.39, 0.29) is 23.5 Å². The standard InChI is InChI=1S/C14H18N4O4S/c19-13-11-7-15-14(17-2-4-22-5-3-17)16-12(11)8-18(13)10-1-6-23(20,21)9-10/h7,10H,1-6,8-9H2. The van der Waals surface area contributed by atoms with Crippen molar-refractivity contribution in [3.05, 3.63) is 17.5 Å². The molecule has 0 aromatic carbocycles. The van der Waals surface area contributed by atoms with Crippen molar-refractivity contribution in [3.8, 4) is 0 Å². The van der Waals surface area contributed by atoms with Gasteiger partial charge in [0.2, 0.25) is 5.95 Å². The Morgan fingerprint density at radius 1 is 1.26 bits per heavy atom. The number of fused-ring (bicyclic) bond motifs is 1. The molecule has 1 unspecified atom stereocenters. The van der Waals surface area contributed by atoms with Crippen LogP contribution >= 0.6 is 0 Å². The summed E-state index contributed by atoms with van der Waals surface area (Å²) in [6, 6.07) is -0.242. The number of aromatic nitrogens is 2. The van der Waals surface area contributed by atoms with E-state index in [1.165, 1.54) is 0 Å². The Morgan fingerprint density at radius 2 is 2.04 bits per heavy atom. The highest BCUT2D eigenvalue weighted by atomic mass is 32.2. The van der Waals surface area contributed by atoms with Crippen molar-refractivity contribution < 1.29 is 17.9 Å². The average molecular weight is 338 g/mol. The van der Waals surface area contributed by atoms with E-state index in [0.717, 1.165) is 13.1 Å². The van der Waals surface area contributed by atoms with Crippen LogP contribution in [0.5, 0.6) is 0 Å². The quantitative estimate of drug-likeness (QED) is 0.715. The molecule has 1 amide bonds. The summed E-state index contributed by atoms with van der Waals surface area (Å²) in [6.45, 7) is 3.12. The van der Waals surface area contributed by atoms with Crippen molar-refractivity contribution >= 4 is 21.7 Å². The van der Waals surface area contributed by atoms with E-state index in [9.17, 15) is 13.2 Å². The summed E-state index contributed by atoms with van der Waals surface area (Å²) in [4.78, 5) is 25.0. The lowest BCUT2D eigenvalue weighted by molar-refractivity contribution is 0.0721. The number of morpholine rings is 1. The highest BCUT2D eigenvalue weighted by Gasteiger charge is 2.40. The van der Waals surface area contributed by atoms with Crippen molar-refractivity contribution in [2.75, 3.05) is 42.7 Å². The van der Waals surface area contributed by atoms with Crippen LogP contribution in [-0.2, 0) is 21.1 Å². The van der Waals surface area contributed by atoms with E-state index in [2.05, 4.69) is 9.97 Å². The number of ether oxygens (including phenoxy) is 1. The molecular formula is C14H18N4O4S. The van der Waals surface area contributed by atoms with E-state index in [0.29, 0.717) is 43.4 Å². The molecule has 1 atom stereocenters. The van der Waals surface area contributed by atoms with Gasteiger partial charge in [0.05, 0.1) is 42.5 Å². The Kier molecular flexibility index (Phi) is 3.49. The van der Waals surface area contributed by atoms with Crippen LogP contribution in [0, 0.1) is 0 Å². The summed E-state index contributed by atoms with van der Waals surface area (Å²) in [5.41, 5.74) is 1.18. The largest absolute Gasteiger partial charge is 0.378 e. The average Bonchev–Trinajstić information content (AvgIpc) is 3.08. The fourth-order valence-corrected chi connectivity index (χ4v) is 5.06. The Morgan fingerprint density at radius 3 is 2.74 bits per heavy atom. The van der Waals surface area contributed by atoms with E-state index < -0.39 is 9.84 Å². The number of carbonyl (C=O) groups excluding carboxylic acids is 1. The fraction of sp³-hybridized carbons (Fsp3) is 0.643. The second kappa shape index (κ2) is 5.41.